The number of nitrogens with one attached hydrogen (secondary N) is 1. The molecule has 1 aliphatic rings. The van der Waals surface area contributed by atoms with Crippen molar-refractivity contribution >= 4 is 62.3 Å². The lowest BCUT2D eigenvalue weighted by Gasteiger charge is -2.40. The molecule has 2 aromatic rings. The van der Waals surface area contributed by atoms with Crippen LogP contribution in [-0.2, 0) is 26.8 Å². The summed E-state index contributed by atoms with van der Waals surface area (Å²) in [5, 5.41) is 4.69. The molecule has 0 aliphatic carbocycles. The summed E-state index contributed by atoms with van der Waals surface area (Å²) in [6, 6.07) is 10.3. The van der Waals surface area contributed by atoms with Gasteiger partial charge in [-0.3, -0.25) is 4.79 Å². The van der Waals surface area contributed by atoms with Gasteiger partial charge in [0.15, 0.2) is 0 Å². The number of carbonyl (C=O) groups is 1. The number of benzene rings is 2. The number of carbonyl (C=O) groups excluding carboxylic acids is 1. The predicted octanol–water partition coefficient (Wildman–Crippen LogP) is 5.23. The lowest BCUT2D eigenvalue weighted by Crippen LogP contribution is -2.54. The summed E-state index contributed by atoms with van der Waals surface area (Å²) >= 11 is 24.5. The summed E-state index contributed by atoms with van der Waals surface area (Å²) in [7, 11) is -3.25. The van der Waals surface area contributed by atoms with E-state index in [9.17, 15) is 13.2 Å². The van der Waals surface area contributed by atoms with Crippen molar-refractivity contribution < 1.29 is 13.2 Å². The van der Waals surface area contributed by atoms with E-state index in [2.05, 4.69) is 10.2 Å². The maximum absolute atomic E-state index is 13.6. The molecule has 192 valence electrons. The number of nitrogens with zero attached hydrogens (tertiary/aromatic N) is 2. The third kappa shape index (κ3) is 7.04. The van der Waals surface area contributed by atoms with E-state index in [1.807, 2.05) is 26.0 Å². The Hall–Kier alpha value is -1.06. The minimum atomic E-state index is -3.25. The van der Waals surface area contributed by atoms with E-state index in [4.69, 9.17) is 46.4 Å². The van der Waals surface area contributed by atoms with Crippen molar-refractivity contribution in [2.75, 3.05) is 32.4 Å². The molecule has 1 saturated heterocycles. The van der Waals surface area contributed by atoms with Crippen LogP contribution in [0.4, 0.5) is 0 Å². The fourth-order valence-corrected chi connectivity index (χ4v) is 6.10. The van der Waals surface area contributed by atoms with E-state index in [0.717, 1.165) is 11.1 Å². The van der Waals surface area contributed by atoms with Crippen molar-refractivity contribution in [3.05, 3.63) is 67.6 Å². The lowest BCUT2D eigenvalue weighted by atomic mass is 9.78. The molecule has 0 saturated carbocycles. The molecule has 1 fully saturated rings. The topological polar surface area (TPSA) is 69.7 Å². The summed E-state index contributed by atoms with van der Waals surface area (Å²) in [6.45, 7) is 6.29. The van der Waals surface area contributed by atoms with Crippen molar-refractivity contribution in [1.29, 1.82) is 0 Å². The Morgan fingerprint density at radius 1 is 1.03 bits per heavy atom. The number of hydrogen-bond acceptors (Lipinski definition) is 4. The molecular weight excluding hydrogens is 552 g/mol. The largest absolute Gasteiger partial charge is 0.351 e. The summed E-state index contributed by atoms with van der Waals surface area (Å²) < 4.78 is 25.5. The van der Waals surface area contributed by atoms with E-state index in [1.165, 1.54) is 10.6 Å². The van der Waals surface area contributed by atoms with Crippen LogP contribution in [0, 0.1) is 0 Å². The average molecular weight is 581 g/mol. The van der Waals surface area contributed by atoms with Crippen LogP contribution in [0.3, 0.4) is 0 Å². The van der Waals surface area contributed by atoms with Crippen molar-refractivity contribution in [2.45, 2.75) is 38.3 Å². The number of piperazine rings is 1. The zero-order chi connectivity index (χ0) is 26.0. The Morgan fingerprint density at radius 3 is 2.23 bits per heavy atom. The van der Waals surface area contributed by atoms with E-state index in [0.29, 0.717) is 52.7 Å². The minimum Gasteiger partial charge on any atom is -0.351 e. The van der Waals surface area contributed by atoms with Gasteiger partial charge >= 0.3 is 0 Å². The van der Waals surface area contributed by atoms with Gasteiger partial charge in [0.25, 0.3) is 0 Å². The fourth-order valence-electron chi connectivity index (χ4n) is 4.35. The highest BCUT2D eigenvalue weighted by Gasteiger charge is 2.37. The third-order valence-electron chi connectivity index (χ3n) is 6.50. The molecule has 1 aliphatic heterocycles. The van der Waals surface area contributed by atoms with Crippen molar-refractivity contribution in [1.82, 2.24) is 14.5 Å². The summed E-state index contributed by atoms with van der Waals surface area (Å²) in [5.74, 6) is -0.162. The molecular formula is C24H29Cl4N3O3S. The quantitative estimate of drug-likeness (QED) is 0.464. The smallest absolute Gasteiger partial charge is 0.230 e. The molecule has 35 heavy (non-hydrogen) atoms. The normalized spacial score (nSPS) is 19.3. The van der Waals surface area contributed by atoms with Crippen molar-refractivity contribution in [3.8, 4) is 0 Å². The number of halogens is 4. The standard InChI is InChI=1S/C24H29Cl4N3O3S/c1-16-15-30(10-11-31(16)35(3,33)34)9-8-24(2,18-5-7-20(26)22(28)13-18)23(32)29-14-17-4-6-19(25)21(27)12-17/h4-7,12-13,16H,8-11,14-15H2,1-3H3,(H,29,32)/t16-,24-/m0/s1. The first-order valence-electron chi connectivity index (χ1n) is 11.2. The zero-order valence-electron chi connectivity index (χ0n) is 19.8. The van der Waals surface area contributed by atoms with Crippen LogP contribution < -0.4 is 5.32 Å². The lowest BCUT2D eigenvalue weighted by molar-refractivity contribution is -0.126. The summed E-state index contributed by atoms with van der Waals surface area (Å²) in [4.78, 5) is 15.7. The fraction of sp³-hybridized carbons (Fsp3) is 0.458. The SMILES string of the molecule is C[C@H]1CN(CC[C@](C)(C(=O)NCc2ccc(Cl)c(Cl)c2)c2ccc(Cl)c(Cl)c2)CCN1S(C)(=O)=O. The first kappa shape index (κ1) is 28.5. The van der Waals surface area contributed by atoms with Gasteiger partial charge in [-0.25, -0.2) is 8.42 Å². The number of amides is 1. The molecule has 1 N–H and O–H groups in total. The second-order valence-electron chi connectivity index (χ2n) is 9.17. The van der Waals surface area contributed by atoms with E-state index >= 15 is 0 Å². The molecule has 2 atom stereocenters. The average Bonchev–Trinajstić information content (AvgIpc) is 2.79. The van der Waals surface area contributed by atoms with Gasteiger partial charge in [-0.1, -0.05) is 58.5 Å². The highest BCUT2D eigenvalue weighted by atomic mass is 35.5. The van der Waals surface area contributed by atoms with Crippen LogP contribution in [0.25, 0.3) is 0 Å². The second kappa shape index (κ2) is 11.5. The van der Waals surface area contributed by atoms with Gasteiger partial charge in [-0.2, -0.15) is 4.31 Å². The van der Waals surface area contributed by atoms with Crippen LogP contribution in [0.2, 0.25) is 20.1 Å². The second-order valence-corrected chi connectivity index (χ2v) is 12.7. The van der Waals surface area contributed by atoms with Crippen LogP contribution in [0.1, 0.15) is 31.4 Å². The molecule has 11 heteroatoms. The van der Waals surface area contributed by atoms with E-state index < -0.39 is 15.4 Å². The first-order chi connectivity index (χ1) is 16.3. The molecule has 1 amide bonds. The van der Waals surface area contributed by atoms with Crippen molar-refractivity contribution in [3.63, 3.8) is 0 Å². The Labute approximate surface area is 227 Å². The van der Waals surface area contributed by atoms with E-state index in [-0.39, 0.29) is 18.5 Å². The van der Waals surface area contributed by atoms with Gasteiger partial charge in [0.05, 0.1) is 31.8 Å². The summed E-state index contributed by atoms with van der Waals surface area (Å²) in [5.41, 5.74) is 0.679. The molecule has 0 unspecified atom stereocenters. The molecule has 0 spiro atoms. The van der Waals surface area contributed by atoms with E-state index in [1.54, 1.807) is 24.3 Å². The number of hydrogen-bond donors (Lipinski definition) is 1. The van der Waals surface area contributed by atoms with Crippen LogP contribution in [-0.4, -0.2) is 62.0 Å². The number of rotatable bonds is 8. The van der Waals surface area contributed by atoms with Crippen molar-refractivity contribution in [2.24, 2.45) is 0 Å². The molecule has 2 aromatic carbocycles. The Balaban J connectivity index is 1.77. The third-order valence-corrected chi connectivity index (χ3v) is 9.37. The Bertz CT molecular complexity index is 1190. The highest BCUT2D eigenvalue weighted by Crippen LogP contribution is 2.34. The maximum Gasteiger partial charge on any atom is 0.230 e. The summed E-state index contributed by atoms with van der Waals surface area (Å²) in [6.07, 6.45) is 1.74. The molecule has 6 nitrogen and oxygen atoms in total. The molecule has 1 heterocycles. The van der Waals surface area contributed by atoms with Gasteiger partial charge in [-0.15, -0.1) is 0 Å². The monoisotopic (exact) mass is 579 g/mol. The van der Waals surface area contributed by atoms with Crippen LogP contribution in [0.5, 0.6) is 0 Å². The zero-order valence-corrected chi connectivity index (χ0v) is 23.7. The van der Waals surface area contributed by atoms with Gasteiger partial charge in [0.1, 0.15) is 0 Å². The van der Waals surface area contributed by atoms with Crippen LogP contribution >= 0.6 is 46.4 Å². The predicted molar refractivity (Wildman–Crippen MR) is 144 cm³/mol. The number of sulfonamides is 1. The maximum atomic E-state index is 13.6. The van der Waals surface area contributed by atoms with Gasteiger partial charge in [-0.05, 0) is 62.2 Å². The Kier molecular flexibility index (Phi) is 9.41. The molecule has 0 radical (unpaired) electrons. The minimum absolute atomic E-state index is 0.140. The van der Waals surface area contributed by atoms with Gasteiger partial charge < -0.3 is 10.2 Å². The Morgan fingerprint density at radius 2 is 1.66 bits per heavy atom. The van der Waals surface area contributed by atoms with Crippen LogP contribution in [0.15, 0.2) is 36.4 Å². The molecule has 3 rings (SSSR count). The highest BCUT2D eigenvalue weighted by molar-refractivity contribution is 7.88. The first-order valence-corrected chi connectivity index (χ1v) is 14.5. The molecule has 0 aromatic heterocycles. The molecule has 0 bridgehead atoms. The van der Waals surface area contributed by atoms with Gasteiger partial charge in [0.2, 0.25) is 15.9 Å². The van der Waals surface area contributed by atoms with Gasteiger partial charge in [0, 0.05) is 32.2 Å².